The van der Waals surface area contributed by atoms with Gasteiger partial charge in [-0.25, -0.2) is 14.6 Å². The van der Waals surface area contributed by atoms with E-state index >= 15 is 0 Å². The topological polar surface area (TPSA) is 140 Å². The molecule has 1 atom stereocenters. The van der Waals surface area contributed by atoms with E-state index in [4.69, 9.17) is 5.11 Å². The number of thiazole rings is 1. The minimum absolute atomic E-state index is 0.0953. The molecule has 0 radical (unpaired) electrons. The summed E-state index contributed by atoms with van der Waals surface area (Å²) in [7, 11) is 0. The molecule has 0 aliphatic carbocycles. The molecular weight excluding hydrogens is 298 g/mol. The van der Waals surface area contributed by atoms with Crippen molar-refractivity contribution in [3.05, 3.63) is 39.0 Å². The monoisotopic (exact) mass is 311 g/mol. The third kappa shape index (κ3) is 4.45. The SMILES string of the molecule is O=C(NCc1csc(=O)[nH]1)N[C@H](Cc1cnc[nH]1)C(=O)O. The maximum Gasteiger partial charge on any atom is 0.326 e. The molecule has 5 N–H and O–H groups in total. The lowest BCUT2D eigenvalue weighted by molar-refractivity contribution is -0.139. The lowest BCUT2D eigenvalue weighted by atomic mass is 10.2. The highest BCUT2D eigenvalue weighted by molar-refractivity contribution is 7.07. The van der Waals surface area contributed by atoms with Crippen molar-refractivity contribution in [2.45, 2.75) is 19.0 Å². The molecule has 2 aromatic rings. The second-order valence-corrected chi connectivity index (χ2v) is 5.01. The summed E-state index contributed by atoms with van der Waals surface area (Å²) in [5.74, 6) is -1.15. The van der Waals surface area contributed by atoms with Crippen molar-refractivity contribution in [2.75, 3.05) is 0 Å². The average molecular weight is 311 g/mol. The van der Waals surface area contributed by atoms with Crippen LogP contribution in [0.5, 0.6) is 0 Å². The normalized spacial score (nSPS) is 11.8. The predicted molar refractivity (Wildman–Crippen MR) is 74.0 cm³/mol. The summed E-state index contributed by atoms with van der Waals surface area (Å²) in [5, 5.41) is 15.5. The van der Waals surface area contributed by atoms with Gasteiger partial charge in [0.2, 0.25) is 0 Å². The van der Waals surface area contributed by atoms with Crippen molar-refractivity contribution in [2.24, 2.45) is 0 Å². The van der Waals surface area contributed by atoms with Gasteiger partial charge in [-0.2, -0.15) is 0 Å². The van der Waals surface area contributed by atoms with Crippen LogP contribution in [0.3, 0.4) is 0 Å². The zero-order valence-corrected chi connectivity index (χ0v) is 11.6. The lowest BCUT2D eigenvalue weighted by Crippen LogP contribution is -2.47. The highest BCUT2D eigenvalue weighted by atomic mass is 32.1. The molecule has 2 rings (SSSR count). The van der Waals surface area contributed by atoms with Crippen LogP contribution in [-0.2, 0) is 17.8 Å². The first kappa shape index (κ1) is 14.8. The van der Waals surface area contributed by atoms with Crippen molar-refractivity contribution in [3.8, 4) is 0 Å². The van der Waals surface area contributed by atoms with Crippen LogP contribution < -0.4 is 15.5 Å². The Kier molecular flexibility index (Phi) is 4.72. The number of imidazole rings is 1. The molecule has 2 amide bonds. The Morgan fingerprint density at radius 2 is 2.24 bits per heavy atom. The molecule has 0 aliphatic rings. The van der Waals surface area contributed by atoms with E-state index in [0.717, 1.165) is 11.3 Å². The predicted octanol–water partition coefficient (Wildman–Crippen LogP) is -0.345. The molecule has 0 saturated heterocycles. The number of hydrogen-bond acceptors (Lipinski definition) is 5. The van der Waals surface area contributed by atoms with Crippen molar-refractivity contribution >= 4 is 23.3 Å². The summed E-state index contributed by atoms with van der Waals surface area (Å²) in [6.07, 6.45) is 3.02. The summed E-state index contributed by atoms with van der Waals surface area (Å²) < 4.78 is 0. The molecule has 2 heterocycles. The van der Waals surface area contributed by atoms with E-state index in [-0.39, 0.29) is 17.8 Å². The minimum atomic E-state index is -1.15. The number of amides is 2. The number of aliphatic carboxylic acids is 1. The van der Waals surface area contributed by atoms with Crippen LogP contribution in [0.25, 0.3) is 0 Å². The number of carbonyl (C=O) groups is 2. The molecule has 0 aliphatic heterocycles. The Bertz CT molecular complexity index is 662. The summed E-state index contributed by atoms with van der Waals surface area (Å²) in [4.78, 5) is 42.6. The highest BCUT2D eigenvalue weighted by Crippen LogP contribution is 1.99. The first-order chi connectivity index (χ1) is 10.0. The number of rotatable bonds is 6. The van der Waals surface area contributed by atoms with Crippen LogP contribution in [0, 0.1) is 0 Å². The van der Waals surface area contributed by atoms with Gasteiger partial charge in [-0.3, -0.25) is 4.79 Å². The van der Waals surface area contributed by atoms with Crippen LogP contribution in [-0.4, -0.2) is 38.1 Å². The molecule has 0 unspecified atom stereocenters. The number of carbonyl (C=O) groups excluding carboxylic acids is 1. The third-order valence-electron chi connectivity index (χ3n) is 2.59. The molecule has 2 aromatic heterocycles. The standard InChI is InChI=1S/C11H13N5O4S/c17-9(18)8(1-6-2-12-5-14-6)16-10(19)13-3-7-4-21-11(20)15-7/h2,4-5,8H,1,3H2,(H,12,14)(H,15,20)(H,17,18)(H2,13,16,19)/t8-/m1/s1. The van der Waals surface area contributed by atoms with E-state index in [1.165, 1.54) is 12.5 Å². The Balaban J connectivity index is 1.86. The number of urea groups is 1. The molecular formula is C11H13N5O4S. The Labute approximate surface area is 122 Å². The number of carboxylic acid groups (broad SMARTS) is 1. The first-order valence-electron chi connectivity index (χ1n) is 5.95. The van der Waals surface area contributed by atoms with Gasteiger partial charge in [0.25, 0.3) is 0 Å². The number of carboxylic acids is 1. The maximum atomic E-state index is 11.7. The number of hydrogen-bond donors (Lipinski definition) is 5. The second-order valence-electron chi connectivity index (χ2n) is 4.17. The van der Waals surface area contributed by atoms with Crippen LogP contribution in [0.1, 0.15) is 11.4 Å². The highest BCUT2D eigenvalue weighted by Gasteiger charge is 2.20. The fourth-order valence-corrected chi connectivity index (χ4v) is 2.18. The van der Waals surface area contributed by atoms with Crippen LogP contribution >= 0.6 is 11.3 Å². The van der Waals surface area contributed by atoms with E-state index < -0.39 is 18.0 Å². The van der Waals surface area contributed by atoms with Gasteiger partial charge in [0.15, 0.2) is 0 Å². The zero-order chi connectivity index (χ0) is 15.2. The van der Waals surface area contributed by atoms with Gasteiger partial charge in [0.1, 0.15) is 6.04 Å². The van der Waals surface area contributed by atoms with Crippen LogP contribution in [0.2, 0.25) is 0 Å². The van der Waals surface area contributed by atoms with Crippen molar-refractivity contribution < 1.29 is 14.7 Å². The number of H-pyrrole nitrogens is 2. The number of aromatic nitrogens is 3. The fourth-order valence-electron chi connectivity index (χ4n) is 1.60. The van der Waals surface area contributed by atoms with Gasteiger partial charge in [-0.1, -0.05) is 11.3 Å². The second kappa shape index (κ2) is 6.70. The zero-order valence-electron chi connectivity index (χ0n) is 10.8. The molecule has 0 bridgehead atoms. The molecule has 9 nitrogen and oxygen atoms in total. The van der Waals surface area contributed by atoms with E-state index in [9.17, 15) is 14.4 Å². The lowest BCUT2D eigenvalue weighted by Gasteiger charge is -2.14. The Morgan fingerprint density at radius 1 is 1.43 bits per heavy atom. The molecule has 0 spiro atoms. The van der Waals surface area contributed by atoms with Crippen molar-refractivity contribution in [1.29, 1.82) is 0 Å². The van der Waals surface area contributed by atoms with Crippen molar-refractivity contribution in [1.82, 2.24) is 25.6 Å². The van der Waals surface area contributed by atoms with Gasteiger partial charge < -0.3 is 25.7 Å². The molecule has 21 heavy (non-hydrogen) atoms. The van der Waals surface area contributed by atoms with Gasteiger partial charge in [-0.15, -0.1) is 0 Å². The van der Waals surface area contributed by atoms with Crippen LogP contribution in [0.4, 0.5) is 4.79 Å². The summed E-state index contributed by atoms with van der Waals surface area (Å²) >= 11 is 0.990. The Hall–Kier alpha value is -2.62. The fraction of sp³-hybridized carbons (Fsp3) is 0.273. The first-order valence-corrected chi connectivity index (χ1v) is 6.83. The number of aromatic amines is 2. The summed E-state index contributed by atoms with van der Waals surface area (Å²) in [6, 6.07) is -1.71. The van der Waals surface area contributed by atoms with Gasteiger partial charge in [0.05, 0.1) is 12.9 Å². The third-order valence-corrected chi connectivity index (χ3v) is 3.31. The summed E-state index contributed by atoms with van der Waals surface area (Å²) in [5.41, 5.74) is 1.16. The number of nitrogens with zero attached hydrogens (tertiary/aromatic N) is 1. The van der Waals surface area contributed by atoms with E-state index in [1.54, 1.807) is 5.38 Å². The molecule has 10 heteroatoms. The quantitative estimate of drug-likeness (QED) is 0.496. The summed E-state index contributed by atoms with van der Waals surface area (Å²) in [6.45, 7) is 0.112. The van der Waals surface area contributed by atoms with Gasteiger partial charge >= 0.3 is 16.9 Å². The van der Waals surface area contributed by atoms with E-state index in [1.807, 2.05) is 0 Å². The molecule has 0 aromatic carbocycles. The number of nitrogens with one attached hydrogen (secondary N) is 4. The maximum absolute atomic E-state index is 11.7. The van der Waals surface area contributed by atoms with E-state index in [2.05, 4.69) is 25.6 Å². The largest absolute Gasteiger partial charge is 0.480 e. The van der Waals surface area contributed by atoms with Gasteiger partial charge in [0, 0.05) is 29.4 Å². The van der Waals surface area contributed by atoms with E-state index in [0.29, 0.717) is 11.4 Å². The minimum Gasteiger partial charge on any atom is -0.480 e. The average Bonchev–Trinajstić information content (AvgIpc) is 3.07. The van der Waals surface area contributed by atoms with Crippen LogP contribution in [0.15, 0.2) is 22.7 Å². The van der Waals surface area contributed by atoms with Crippen molar-refractivity contribution in [3.63, 3.8) is 0 Å². The molecule has 0 saturated carbocycles. The Morgan fingerprint density at radius 3 is 2.81 bits per heavy atom. The molecule has 0 fully saturated rings. The van der Waals surface area contributed by atoms with Gasteiger partial charge in [-0.05, 0) is 0 Å². The smallest absolute Gasteiger partial charge is 0.326 e. The molecule has 112 valence electrons.